The number of carbonyl (C=O) groups is 1. The summed E-state index contributed by atoms with van der Waals surface area (Å²) < 4.78 is 15.6. The number of nitrogens with two attached hydrogens (primary N) is 1. The molecule has 1 fully saturated rings. The van der Waals surface area contributed by atoms with Crippen LogP contribution in [-0.2, 0) is 20.8 Å². The molecule has 0 aliphatic carbocycles. The highest BCUT2D eigenvalue weighted by Gasteiger charge is 2.20. The van der Waals surface area contributed by atoms with Gasteiger partial charge in [-0.2, -0.15) is 0 Å². The van der Waals surface area contributed by atoms with Crippen LogP contribution in [0.1, 0.15) is 57.9 Å². The van der Waals surface area contributed by atoms with Crippen LogP contribution < -0.4 is 26.4 Å². The van der Waals surface area contributed by atoms with Crippen LogP contribution in [0.3, 0.4) is 0 Å². The van der Waals surface area contributed by atoms with Gasteiger partial charge in [-0.15, -0.1) is 0 Å². The third-order valence-electron chi connectivity index (χ3n) is 5.83. The predicted molar refractivity (Wildman–Crippen MR) is 148 cm³/mol. The fraction of sp³-hybridized carbons (Fsp3) is 0.741. The molecular formula is C27H51N5O5. The number of nitrogens with one attached hydrogen (secondary N) is 3. The molecule has 0 saturated carbocycles. The quantitative estimate of drug-likeness (QED) is 0.128. The second-order valence-corrected chi connectivity index (χ2v) is 8.97. The number of hydrogen-bond acceptors (Lipinski definition) is 9. The maximum atomic E-state index is 11.1. The average molecular weight is 526 g/mol. The smallest absolute Gasteiger partial charge is 0.224 e. The van der Waals surface area contributed by atoms with Crippen LogP contribution in [0.25, 0.3) is 0 Å². The fourth-order valence-corrected chi connectivity index (χ4v) is 3.70. The van der Waals surface area contributed by atoms with Gasteiger partial charge in [-0.3, -0.25) is 4.79 Å². The molecule has 10 nitrogen and oxygen atoms in total. The number of unbranched alkanes of at least 4 members (excludes halogenated alkanes) is 1. The molecule has 37 heavy (non-hydrogen) atoms. The standard InChI is InChI=1S/C18H34N4O2.C9H17NO3/c1-24-18-14-16(6-7-17(18)23)15-22-13-5-12-21-10-3-2-9-20-11-4-8-19;1-3-12-8(2)13-7-10-6-4-5-9(10)11/h6-7,14,20-23H,2-5,8-13,15,19H2,1H3;8H,3-7H2,1-2H3. The Balaban J connectivity index is 0.000000442. The number of phenols is 1. The van der Waals surface area contributed by atoms with E-state index in [9.17, 15) is 9.90 Å². The van der Waals surface area contributed by atoms with Crippen molar-refractivity contribution in [1.82, 2.24) is 20.9 Å². The molecule has 1 unspecified atom stereocenters. The van der Waals surface area contributed by atoms with Crippen molar-refractivity contribution in [1.29, 1.82) is 0 Å². The Morgan fingerprint density at radius 3 is 2.32 bits per heavy atom. The van der Waals surface area contributed by atoms with Crippen LogP contribution in [0.15, 0.2) is 18.2 Å². The molecule has 214 valence electrons. The van der Waals surface area contributed by atoms with Gasteiger partial charge in [0.2, 0.25) is 5.91 Å². The minimum absolute atomic E-state index is 0.181. The Morgan fingerprint density at radius 1 is 1.03 bits per heavy atom. The molecule has 1 aliphatic rings. The number of aromatic hydroxyl groups is 1. The summed E-state index contributed by atoms with van der Waals surface area (Å²) in [7, 11) is 1.56. The number of hydrogen-bond donors (Lipinski definition) is 5. The van der Waals surface area contributed by atoms with E-state index < -0.39 is 0 Å². The Kier molecular flexibility index (Phi) is 19.7. The van der Waals surface area contributed by atoms with E-state index in [0.717, 1.165) is 77.2 Å². The summed E-state index contributed by atoms with van der Waals surface area (Å²) in [6, 6.07) is 5.44. The lowest BCUT2D eigenvalue weighted by molar-refractivity contribution is -0.161. The zero-order chi connectivity index (χ0) is 27.1. The molecule has 1 atom stereocenters. The van der Waals surface area contributed by atoms with Crippen molar-refractivity contribution >= 4 is 5.91 Å². The number of nitrogens with zero attached hydrogens (tertiary/aromatic N) is 1. The van der Waals surface area contributed by atoms with Gasteiger partial charge in [0.15, 0.2) is 17.8 Å². The van der Waals surface area contributed by atoms with E-state index in [0.29, 0.717) is 25.5 Å². The fourth-order valence-electron chi connectivity index (χ4n) is 3.70. The van der Waals surface area contributed by atoms with Crippen LogP contribution in [0, 0.1) is 0 Å². The first-order valence-corrected chi connectivity index (χ1v) is 13.7. The lowest BCUT2D eigenvalue weighted by Gasteiger charge is -2.19. The lowest BCUT2D eigenvalue weighted by Crippen LogP contribution is -2.30. The largest absolute Gasteiger partial charge is 0.504 e. The Morgan fingerprint density at radius 2 is 1.70 bits per heavy atom. The SMILES string of the molecule is CCOC(C)OCN1CCCC1=O.COc1cc(CNCCCNCCCCNCCCN)ccc1O. The highest BCUT2D eigenvalue weighted by molar-refractivity contribution is 5.77. The summed E-state index contributed by atoms with van der Waals surface area (Å²) in [5, 5.41) is 19.8. The number of amides is 1. The number of benzene rings is 1. The van der Waals surface area contributed by atoms with Crippen molar-refractivity contribution in [3.05, 3.63) is 23.8 Å². The number of carbonyl (C=O) groups excluding carboxylic acids is 1. The lowest BCUT2D eigenvalue weighted by atomic mass is 10.2. The van der Waals surface area contributed by atoms with Gasteiger partial charge in [-0.25, -0.2) is 0 Å². The second-order valence-electron chi connectivity index (χ2n) is 8.97. The number of methoxy groups -OCH3 is 1. The van der Waals surface area contributed by atoms with E-state index >= 15 is 0 Å². The molecule has 2 rings (SSSR count). The van der Waals surface area contributed by atoms with Crippen molar-refractivity contribution < 1.29 is 24.1 Å². The molecule has 0 spiro atoms. The zero-order valence-electron chi connectivity index (χ0n) is 23.2. The van der Waals surface area contributed by atoms with Crippen LogP contribution in [0.4, 0.5) is 0 Å². The van der Waals surface area contributed by atoms with Crippen molar-refractivity contribution in [2.45, 2.75) is 65.2 Å². The minimum Gasteiger partial charge on any atom is -0.504 e. The van der Waals surface area contributed by atoms with Crippen LogP contribution in [0.2, 0.25) is 0 Å². The first-order chi connectivity index (χ1) is 18.0. The van der Waals surface area contributed by atoms with Gasteiger partial charge in [0.05, 0.1) is 7.11 Å². The molecule has 1 saturated heterocycles. The maximum absolute atomic E-state index is 11.1. The van der Waals surface area contributed by atoms with Gasteiger partial charge in [0.1, 0.15) is 6.73 Å². The van der Waals surface area contributed by atoms with Crippen molar-refractivity contribution in [2.75, 3.05) is 66.3 Å². The first kappa shape index (κ1) is 33.1. The molecule has 1 aromatic rings. The molecular weight excluding hydrogens is 474 g/mol. The van der Waals surface area contributed by atoms with Gasteiger partial charge in [-0.1, -0.05) is 6.07 Å². The van der Waals surface area contributed by atoms with Gasteiger partial charge in [0.25, 0.3) is 0 Å². The second kappa shape index (κ2) is 22.1. The van der Waals surface area contributed by atoms with Crippen molar-refractivity contribution in [2.24, 2.45) is 5.73 Å². The van der Waals surface area contributed by atoms with E-state index in [2.05, 4.69) is 16.0 Å². The number of ether oxygens (including phenoxy) is 3. The van der Waals surface area contributed by atoms with Gasteiger partial charge in [0, 0.05) is 26.1 Å². The maximum Gasteiger partial charge on any atom is 0.224 e. The van der Waals surface area contributed by atoms with E-state index in [4.69, 9.17) is 19.9 Å². The van der Waals surface area contributed by atoms with E-state index in [-0.39, 0.29) is 17.9 Å². The van der Waals surface area contributed by atoms with Crippen LogP contribution >= 0.6 is 0 Å². The highest BCUT2D eigenvalue weighted by atomic mass is 16.7. The zero-order valence-corrected chi connectivity index (χ0v) is 23.2. The van der Waals surface area contributed by atoms with Crippen molar-refractivity contribution in [3.8, 4) is 11.5 Å². The Labute approximate surface area is 223 Å². The molecule has 0 bridgehead atoms. The predicted octanol–water partition coefficient (Wildman–Crippen LogP) is 2.15. The van der Waals surface area contributed by atoms with Gasteiger partial charge < -0.3 is 45.9 Å². The summed E-state index contributed by atoms with van der Waals surface area (Å²) in [4.78, 5) is 12.9. The first-order valence-electron chi connectivity index (χ1n) is 13.7. The molecule has 0 radical (unpaired) electrons. The molecule has 0 aromatic heterocycles. The van der Waals surface area contributed by atoms with Crippen LogP contribution in [0.5, 0.6) is 11.5 Å². The van der Waals surface area contributed by atoms with E-state index in [1.165, 1.54) is 12.8 Å². The minimum atomic E-state index is -0.224. The van der Waals surface area contributed by atoms with E-state index in [1.54, 1.807) is 18.1 Å². The summed E-state index contributed by atoms with van der Waals surface area (Å²) >= 11 is 0. The number of rotatable bonds is 20. The van der Waals surface area contributed by atoms with Crippen molar-refractivity contribution in [3.63, 3.8) is 0 Å². The topological polar surface area (TPSA) is 130 Å². The van der Waals surface area contributed by atoms with E-state index in [1.807, 2.05) is 26.0 Å². The van der Waals surface area contributed by atoms with Crippen LogP contribution in [-0.4, -0.2) is 88.5 Å². The molecule has 10 heteroatoms. The summed E-state index contributed by atoms with van der Waals surface area (Å²) in [6.07, 6.45) is 5.96. The highest BCUT2D eigenvalue weighted by Crippen LogP contribution is 2.26. The molecule has 1 aliphatic heterocycles. The molecule has 6 N–H and O–H groups in total. The normalized spacial score (nSPS) is 13.9. The molecule has 1 aromatic carbocycles. The summed E-state index contributed by atoms with van der Waals surface area (Å²) in [5.74, 6) is 0.886. The Hall–Kier alpha value is -1.95. The summed E-state index contributed by atoms with van der Waals surface area (Å²) in [5.41, 5.74) is 6.55. The monoisotopic (exact) mass is 525 g/mol. The molecule has 1 heterocycles. The third-order valence-corrected chi connectivity index (χ3v) is 5.83. The average Bonchev–Trinajstić information content (AvgIpc) is 3.31. The number of phenolic OH excluding ortho intramolecular Hbond substituents is 1. The third kappa shape index (κ3) is 16.5. The number of likely N-dealkylation sites (tertiary alicyclic amines) is 1. The van der Waals surface area contributed by atoms with Gasteiger partial charge in [-0.05, 0) is 103 Å². The Bertz CT molecular complexity index is 710. The summed E-state index contributed by atoms with van der Waals surface area (Å²) in [6.45, 7) is 12.3. The van der Waals surface area contributed by atoms with Gasteiger partial charge >= 0.3 is 0 Å². The molecule has 1 amide bonds.